The van der Waals surface area contributed by atoms with Gasteiger partial charge in [0, 0.05) is 28.8 Å². The molecule has 0 radical (unpaired) electrons. The lowest BCUT2D eigenvalue weighted by Crippen LogP contribution is -1.99. The van der Waals surface area contributed by atoms with E-state index in [2.05, 4.69) is 10.3 Å². The molecule has 3 aromatic rings. The zero-order valence-electron chi connectivity index (χ0n) is 12.9. The predicted octanol–water partition coefficient (Wildman–Crippen LogP) is 4.09. The van der Waals surface area contributed by atoms with Gasteiger partial charge in [0.2, 0.25) is 0 Å². The van der Waals surface area contributed by atoms with E-state index in [0.717, 1.165) is 11.3 Å². The Morgan fingerprint density at radius 3 is 2.68 bits per heavy atom. The molecule has 126 valence electrons. The topological polar surface area (TPSA) is 105 Å². The molecule has 0 saturated heterocycles. The van der Waals surface area contributed by atoms with E-state index in [9.17, 15) is 14.9 Å². The SMILES string of the molecule is O=C(O)Cc1ccc(Nc2nc(-c3cccc([N+](=O)[O-])c3)cs2)cc1. The van der Waals surface area contributed by atoms with Crippen LogP contribution >= 0.6 is 11.3 Å². The lowest BCUT2D eigenvalue weighted by molar-refractivity contribution is -0.384. The number of thiazole rings is 1. The first-order valence-corrected chi connectivity index (χ1v) is 8.17. The molecule has 1 aromatic heterocycles. The number of non-ortho nitro benzene ring substituents is 1. The van der Waals surface area contributed by atoms with Crippen LogP contribution in [0.3, 0.4) is 0 Å². The number of anilines is 2. The molecule has 7 nitrogen and oxygen atoms in total. The molecule has 0 unspecified atom stereocenters. The maximum absolute atomic E-state index is 10.9. The van der Waals surface area contributed by atoms with E-state index in [1.165, 1.54) is 23.5 Å². The van der Waals surface area contributed by atoms with Crippen LogP contribution in [0, 0.1) is 10.1 Å². The molecule has 0 saturated carbocycles. The van der Waals surface area contributed by atoms with Crippen molar-refractivity contribution in [1.29, 1.82) is 0 Å². The van der Waals surface area contributed by atoms with Crippen molar-refractivity contribution in [3.63, 3.8) is 0 Å². The zero-order valence-corrected chi connectivity index (χ0v) is 13.7. The van der Waals surface area contributed by atoms with Crippen LogP contribution in [0.5, 0.6) is 0 Å². The maximum Gasteiger partial charge on any atom is 0.307 e. The van der Waals surface area contributed by atoms with Crippen molar-refractivity contribution in [2.45, 2.75) is 6.42 Å². The molecule has 2 aromatic carbocycles. The first kappa shape index (κ1) is 16.6. The second-order valence-corrected chi connectivity index (χ2v) is 6.10. The summed E-state index contributed by atoms with van der Waals surface area (Å²) >= 11 is 1.38. The first-order valence-electron chi connectivity index (χ1n) is 7.29. The Kier molecular flexibility index (Phi) is 4.71. The van der Waals surface area contributed by atoms with Crippen LogP contribution in [-0.4, -0.2) is 21.0 Å². The monoisotopic (exact) mass is 355 g/mol. The quantitative estimate of drug-likeness (QED) is 0.510. The summed E-state index contributed by atoms with van der Waals surface area (Å²) in [6, 6.07) is 13.4. The van der Waals surface area contributed by atoms with Crippen molar-refractivity contribution in [3.05, 3.63) is 69.6 Å². The lowest BCUT2D eigenvalue weighted by atomic mass is 10.1. The highest BCUT2D eigenvalue weighted by atomic mass is 32.1. The number of hydrogen-bond donors (Lipinski definition) is 2. The van der Waals surface area contributed by atoms with Gasteiger partial charge in [-0.05, 0) is 17.7 Å². The minimum Gasteiger partial charge on any atom is -0.481 e. The van der Waals surface area contributed by atoms with E-state index in [1.54, 1.807) is 36.4 Å². The van der Waals surface area contributed by atoms with Gasteiger partial charge in [0.05, 0.1) is 17.0 Å². The maximum atomic E-state index is 10.9. The molecular weight excluding hydrogens is 342 g/mol. The molecule has 1 heterocycles. The number of aromatic nitrogens is 1. The number of nitrogens with zero attached hydrogens (tertiary/aromatic N) is 2. The summed E-state index contributed by atoms with van der Waals surface area (Å²) in [6.45, 7) is 0. The van der Waals surface area contributed by atoms with E-state index < -0.39 is 10.9 Å². The molecule has 0 spiro atoms. The molecule has 8 heteroatoms. The van der Waals surface area contributed by atoms with Crippen LogP contribution in [-0.2, 0) is 11.2 Å². The Morgan fingerprint density at radius 2 is 2.00 bits per heavy atom. The van der Waals surface area contributed by atoms with Crippen LogP contribution in [0.1, 0.15) is 5.56 Å². The molecule has 0 aliphatic carbocycles. The minimum atomic E-state index is -0.873. The van der Waals surface area contributed by atoms with E-state index >= 15 is 0 Å². The van der Waals surface area contributed by atoms with Crippen LogP contribution in [0.25, 0.3) is 11.3 Å². The molecule has 0 aliphatic rings. The Labute approximate surface area is 146 Å². The number of aliphatic carboxylic acids is 1. The molecular formula is C17H13N3O4S. The van der Waals surface area contributed by atoms with Crippen molar-refractivity contribution < 1.29 is 14.8 Å². The van der Waals surface area contributed by atoms with Crippen LogP contribution in [0.2, 0.25) is 0 Å². The third kappa shape index (κ3) is 4.18. The molecule has 3 rings (SSSR count). The average Bonchev–Trinajstić information content (AvgIpc) is 3.05. The zero-order chi connectivity index (χ0) is 17.8. The van der Waals surface area contributed by atoms with Gasteiger partial charge in [0.1, 0.15) is 0 Å². The Hall–Kier alpha value is -3.26. The number of benzene rings is 2. The van der Waals surface area contributed by atoms with Crippen molar-refractivity contribution in [3.8, 4) is 11.3 Å². The van der Waals surface area contributed by atoms with Crippen LogP contribution in [0.15, 0.2) is 53.9 Å². The van der Waals surface area contributed by atoms with Gasteiger partial charge in [0.15, 0.2) is 5.13 Å². The molecule has 0 aliphatic heterocycles. The van der Waals surface area contributed by atoms with Crippen molar-refractivity contribution in [1.82, 2.24) is 4.98 Å². The number of nitro groups is 1. The van der Waals surface area contributed by atoms with Crippen LogP contribution in [0.4, 0.5) is 16.5 Å². The first-order chi connectivity index (χ1) is 12.0. The summed E-state index contributed by atoms with van der Waals surface area (Å²) in [5.74, 6) is -0.873. The summed E-state index contributed by atoms with van der Waals surface area (Å²) in [4.78, 5) is 25.5. The Bertz CT molecular complexity index is 922. The number of hydrogen-bond acceptors (Lipinski definition) is 6. The highest BCUT2D eigenvalue weighted by molar-refractivity contribution is 7.14. The van der Waals surface area contributed by atoms with Gasteiger partial charge in [-0.3, -0.25) is 14.9 Å². The second-order valence-electron chi connectivity index (χ2n) is 5.24. The number of nitrogens with one attached hydrogen (secondary N) is 1. The van der Waals surface area contributed by atoms with Gasteiger partial charge in [-0.15, -0.1) is 11.3 Å². The van der Waals surface area contributed by atoms with E-state index in [4.69, 9.17) is 5.11 Å². The summed E-state index contributed by atoms with van der Waals surface area (Å²) < 4.78 is 0. The van der Waals surface area contributed by atoms with Gasteiger partial charge >= 0.3 is 5.97 Å². The lowest BCUT2D eigenvalue weighted by Gasteiger charge is -2.03. The third-order valence-corrected chi connectivity index (χ3v) is 4.18. The van der Waals surface area contributed by atoms with Crippen molar-refractivity contribution >= 4 is 33.8 Å². The molecule has 25 heavy (non-hydrogen) atoms. The third-order valence-electron chi connectivity index (χ3n) is 3.42. The Morgan fingerprint density at radius 1 is 1.24 bits per heavy atom. The second kappa shape index (κ2) is 7.10. The van der Waals surface area contributed by atoms with Gasteiger partial charge < -0.3 is 10.4 Å². The molecule has 0 amide bonds. The number of nitro benzene ring substituents is 1. The van der Waals surface area contributed by atoms with Crippen molar-refractivity contribution in [2.24, 2.45) is 0 Å². The largest absolute Gasteiger partial charge is 0.481 e. The molecule has 2 N–H and O–H groups in total. The Balaban J connectivity index is 1.74. The normalized spacial score (nSPS) is 10.4. The van der Waals surface area contributed by atoms with E-state index in [-0.39, 0.29) is 12.1 Å². The smallest absolute Gasteiger partial charge is 0.307 e. The van der Waals surface area contributed by atoms with Gasteiger partial charge in [-0.25, -0.2) is 4.98 Å². The fourth-order valence-corrected chi connectivity index (χ4v) is 2.99. The number of carbonyl (C=O) groups is 1. The number of carboxylic acid groups (broad SMARTS) is 1. The minimum absolute atomic E-state index is 0.0194. The van der Waals surface area contributed by atoms with E-state index in [0.29, 0.717) is 16.4 Å². The highest BCUT2D eigenvalue weighted by Crippen LogP contribution is 2.29. The fraction of sp³-hybridized carbons (Fsp3) is 0.0588. The van der Waals surface area contributed by atoms with Gasteiger partial charge in [-0.2, -0.15) is 0 Å². The van der Waals surface area contributed by atoms with Gasteiger partial charge in [0.25, 0.3) is 5.69 Å². The van der Waals surface area contributed by atoms with Crippen molar-refractivity contribution in [2.75, 3.05) is 5.32 Å². The van der Waals surface area contributed by atoms with E-state index in [1.807, 2.05) is 5.38 Å². The summed E-state index contributed by atoms with van der Waals surface area (Å²) in [6.07, 6.45) is -0.0194. The van der Waals surface area contributed by atoms with Gasteiger partial charge in [-0.1, -0.05) is 24.3 Å². The molecule has 0 bridgehead atoms. The molecule has 0 fully saturated rings. The fourth-order valence-electron chi connectivity index (χ4n) is 2.25. The standard InChI is InChI=1S/C17H13N3O4S/c21-16(22)8-11-4-6-13(7-5-11)18-17-19-15(10-25-17)12-2-1-3-14(9-12)20(23)24/h1-7,9-10H,8H2,(H,18,19)(H,21,22). The highest BCUT2D eigenvalue weighted by Gasteiger charge is 2.10. The summed E-state index contributed by atoms with van der Waals surface area (Å²) in [5.41, 5.74) is 2.85. The molecule has 0 atom stereocenters. The number of rotatable bonds is 6. The van der Waals surface area contributed by atoms with Crippen LogP contribution < -0.4 is 5.32 Å². The summed E-state index contributed by atoms with van der Waals surface area (Å²) in [7, 11) is 0. The average molecular weight is 355 g/mol. The predicted molar refractivity (Wildman–Crippen MR) is 95.3 cm³/mol. The number of carboxylic acids is 1. The summed E-state index contributed by atoms with van der Waals surface area (Å²) in [5, 5.41) is 25.2.